The van der Waals surface area contributed by atoms with Gasteiger partial charge in [0.1, 0.15) is 11.9 Å². The lowest BCUT2D eigenvalue weighted by Gasteiger charge is -2.11. The molecule has 0 saturated carbocycles. The van der Waals surface area contributed by atoms with Crippen LogP contribution in [-0.2, 0) is 4.74 Å². The highest BCUT2D eigenvalue weighted by atomic mass is 16.5. The molecule has 0 aromatic carbocycles. The minimum Gasteiger partial charge on any atom is -0.370 e. The maximum Gasteiger partial charge on any atom is 0.159 e. The normalized spacial score (nSPS) is 24.6. The predicted octanol–water partition coefficient (Wildman–Crippen LogP) is 2.54. The van der Waals surface area contributed by atoms with Gasteiger partial charge in [-0.15, -0.1) is 0 Å². The van der Waals surface area contributed by atoms with Crippen molar-refractivity contribution in [3.05, 3.63) is 18.1 Å². The molecule has 0 spiro atoms. The van der Waals surface area contributed by atoms with E-state index in [0.717, 1.165) is 37.4 Å². The van der Waals surface area contributed by atoms with Crippen molar-refractivity contribution in [1.82, 2.24) is 9.97 Å². The first-order chi connectivity index (χ1) is 7.79. The zero-order valence-corrected chi connectivity index (χ0v) is 9.94. The van der Waals surface area contributed by atoms with Crippen LogP contribution in [0.5, 0.6) is 0 Å². The van der Waals surface area contributed by atoms with Crippen LogP contribution in [0.4, 0.5) is 5.82 Å². The van der Waals surface area contributed by atoms with Crippen molar-refractivity contribution >= 4 is 5.82 Å². The molecule has 2 heterocycles. The summed E-state index contributed by atoms with van der Waals surface area (Å²) in [5.74, 6) is 1.71. The molecule has 1 fully saturated rings. The number of hydrogen-bond donors (Lipinski definition) is 1. The van der Waals surface area contributed by atoms with E-state index < -0.39 is 0 Å². The maximum absolute atomic E-state index is 5.75. The molecular weight excluding hydrogens is 202 g/mol. The third-order valence-corrected chi connectivity index (χ3v) is 2.75. The average Bonchev–Trinajstić information content (AvgIpc) is 2.74. The van der Waals surface area contributed by atoms with Crippen LogP contribution in [0.2, 0.25) is 0 Å². The summed E-state index contributed by atoms with van der Waals surface area (Å²) in [5, 5.41) is 3.26. The molecule has 16 heavy (non-hydrogen) atoms. The van der Waals surface area contributed by atoms with Gasteiger partial charge >= 0.3 is 0 Å². The van der Waals surface area contributed by atoms with Crippen molar-refractivity contribution in [1.29, 1.82) is 0 Å². The van der Waals surface area contributed by atoms with Crippen LogP contribution in [-0.4, -0.2) is 22.6 Å². The summed E-state index contributed by atoms with van der Waals surface area (Å²) >= 11 is 0. The van der Waals surface area contributed by atoms with Crippen molar-refractivity contribution in [3.8, 4) is 0 Å². The van der Waals surface area contributed by atoms with Gasteiger partial charge in [0.25, 0.3) is 0 Å². The molecule has 1 aromatic rings. The first-order valence-electron chi connectivity index (χ1n) is 6.02. The van der Waals surface area contributed by atoms with Gasteiger partial charge in [0, 0.05) is 12.7 Å². The Bertz CT molecular complexity index is 343. The minimum atomic E-state index is 0.0818. The van der Waals surface area contributed by atoms with Crippen LogP contribution in [0.15, 0.2) is 12.3 Å². The van der Waals surface area contributed by atoms with Crippen molar-refractivity contribution in [2.24, 2.45) is 0 Å². The second-order valence-corrected chi connectivity index (χ2v) is 4.24. The number of nitrogens with one attached hydrogen (secondary N) is 1. The first-order valence-corrected chi connectivity index (χ1v) is 6.02. The quantitative estimate of drug-likeness (QED) is 0.848. The molecule has 88 valence electrons. The Hall–Kier alpha value is -1.16. The van der Waals surface area contributed by atoms with Gasteiger partial charge in [-0.05, 0) is 32.3 Å². The van der Waals surface area contributed by atoms with E-state index in [-0.39, 0.29) is 6.10 Å². The molecule has 1 N–H and O–H groups in total. The van der Waals surface area contributed by atoms with Crippen LogP contribution >= 0.6 is 0 Å². The fourth-order valence-corrected chi connectivity index (χ4v) is 1.87. The molecule has 1 aromatic heterocycles. The van der Waals surface area contributed by atoms with E-state index in [9.17, 15) is 0 Å². The van der Waals surface area contributed by atoms with E-state index >= 15 is 0 Å². The summed E-state index contributed by atoms with van der Waals surface area (Å²) in [5.41, 5.74) is 0. The van der Waals surface area contributed by atoms with Crippen LogP contribution in [0.25, 0.3) is 0 Å². The second-order valence-electron chi connectivity index (χ2n) is 4.24. The second kappa shape index (κ2) is 5.25. The summed E-state index contributed by atoms with van der Waals surface area (Å²) in [4.78, 5) is 8.77. The van der Waals surface area contributed by atoms with Gasteiger partial charge in [-0.3, -0.25) is 0 Å². The smallest absolute Gasteiger partial charge is 0.159 e. The molecule has 0 bridgehead atoms. The lowest BCUT2D eigenvalue weighted by molar-refractivity contribution is 0.0503. The zero-order valence-electron chi connectivity index (χ0n) is 9.94. The van der Waals surface area contributed by atoms with Gasteiger partial charge < -0.3 is 10.1 Å². The van der Waals surface area contributed by atoms with Gasteiger partial charge in [0.2, 0.25) is 0 Å². The Kier molecular flexibility index (Phi) is 3.72. The molecule has 2 rings (SSSR count). The number of hydrogen-bond acceptors (Lipinski definition) is 4. The van der Waals surface area contributed by atoms with E-state index in [1.165, 1.54) is 0 Å². The Morgan fingerprint density at radius 3 is 3.06 bits per heavy atom. The molecule has 2 unspecified atom stereocenters. The molecule has 4 heteroatoms. The number of rotatable bonds is 4. The Morgan fingerprint density at radius 2 is 2.38 bits per heavy atom. The largest absolute Gasteiger partial charge is 0.370 e. The number of aromatic nitrogens is 2. The van der Waals surface area contributed by atoms with E-state index in [4.69, 9.17) is 4.74 Å². The summed E-state index contributed by atoms with van der Waals surface area (Å²) in [6.07, 6.45) is 5.43. The fraction of sp³-hybridized carbons (Fsp3) is 0.667. The van der Waals surface area contributed by atoms with Crippen molar-refractivity contribution in [2.45, 2.75) is 45.3 Å². The fourth-order valence-electron chi connectivity index (χ4n) is 1.87. The van der Waals surface area contributed by atoms with Crippen molar-refractivity contribution in [2.75, 3.05) is 11.9 Å². The minimum absolute atomic E-state index is 0.0818. The molecule has 1 saturated heterocycles. The Labute approximate surface area is 96.4 Å². The summed E-state index contributed by atoms with van der Waals surface area (Å²) in [6.45, 7) is 5.18. The van der Waals surface area contributed by atoms with Gasteiger partial charge in [-0.1, -0.05) is 6.92 Å². The summed E-state index contributed by atoms with van der Waals surface area (Å²) in [6, 6.07) is 1.90. The lowest BCUT2D eigenvalue weighted by atomic mass is 10.2. The van der Waals surface area contributed by atoms with E-state index in [1.54, 1.807) is 6.20 Å². The van der Waals surface area contributed by atoms with Gasteiger partial charge in [-0.25, -0.2) is 9.97 Å². The lowest BCUT2D eigenvalue weighted by Crippen LogP contribution is -2.08. The predicted molar refractivity (Wildman–Crippen MR) is 63.3 cm³/mol. The summed E-state index contributed by atoms with van der Waals surface area (Å²) < 4.78 is 5.75. The number of anilines is 1. The SMILES string of the molecule is CCCNc1ccnc(C2CCC(C)O2)n1. The molecule has 2 atom stereocenters. The van der Waals surface area contributed by atoms with Crippen molar-refractivity contribution in [3.63, 3.8) is 0 Å². The highest BCUT2D eigenvalue weighted by molar-refractivity contribution is 5.33. The van der Waals surface area contributed by atoms with E-state index in [0.29, 0.717) is 6.10 Å². The van der Waals surface area contributed by atoms with Crippen LogP contribution in [0.3, 0.4) is 0 Å². The molecular formula is C12H19N3O. The molecule has 0 aliphatic carbocycles. The van der Waals surface area contributed by atoms with Gasteiger partial charge in [0.05, 0.1) is 6.10 Å². The highest BCUT2D eigenvalue weighted by Crippen LogP contribution is 2.30. The van der Waals surface area contributed by atoms with Crippen LogP contribution < -0.4 is 5.32 Å². The Balaban J connectivity index is 2.04. The van der Waals surface area contributed by atoms with Gasteiger partial charge in [0.15, 0.2) is 5.82 Å². The topological polar surface area (TPSA) is 47.0 Å². The molecule has 4 nitrogen and oxygen atoms in total. The molecule has 1 aliphatic rings. The first kappa shape index (κ1) is 11.3. The van der Waals surface area contributed by atoms with E-state index in [1.807, 2.05) is 6.07 Å². The Morgan fingerprint density at radius 1 is 1.50 bits per heavy atom. The van der Waals surface area contributed by atoms with Gasteiger partial charge in [-0.2, -0.15) is 0 Å². The highest BCUT2D eigenvalue weighted by Gasteiger charge is 2.25. The maximum atomic E-state index is 5.75. The zero-order chi connectivity index (χ0) is 11.4. The third-order valence-electron chi connectivity index (χ3n) is 2.75. The van der Waals surface area contributed by atoms with Crippen LogP contribution in [0.1, 0.15) is 45.0 Å². The van der Waals surface area contributed by atoms with Crippen molar-refractivity contribution < 1.29 is 4.74 Å². The third kappa shape index (κ3) is 2.70. The molecule has 0 amide bonds. The standard InChI is InChI=1S/C12H19N3O/c1-3-7-13-11-6-8-14-12(15-11)10-5-4-9(2)16-10/h6,8-10H,3-5,7H2,1-2H3,(H,13,14,15). The number of nitrogens with zero attached hydrogens (tertiary/aromatic N) is 2. The molecule has 0 radical (unpaired) electrons. The number of ether oxygens (including phenoxy) is 1. The van der Waals surface area contributed by atoms with E-state index in [2.05, 4.69) is 29.1 Å². The average molecular weight is 221 g/mol. The molecule has 1 aliphatic heterocycles. The van der Waals surface area contributed by atoms with Crippen LogP contribution in [0, 0.1) is 0 Å². The summed E-state index contributed by atoms with van der Waals surface area (Å²) in [7, 11) is 0. The monoisotopic (exact) mass is 221 g/mol.